The molecule has 5 rings (SSSR count). The van der Waals surface area contributed by atoms with E-state index in [-0.39, 0.29) is 24.8 Å². The first-order valence-corrected chi connectivity index (χ1v) is 17.2. The standard InChI is InChI=1S/C36H42ClN5O11/c1-19(44)49-17-30-33(50-20(2)45)34(51-21(3)46)35(52-22(4)47)36(53-30)42(39)16-25(38)12-14-48-26-8-5-23(6-9-26)32-31-27(11-13-41(32)18-43)28-15-24(37)7-10-29(28)40-31/h5-10,15-16,18,30,32-36,40H,11-14,17,38-39H2,1-4H3/b25-16-. The van der Waals surface area contributed by atoms with Gasteiger partial charge in [0.05, 0.1) is 12.6 Å². The Morgan fingerprint density at radius 1 is 0.962 bits per heavy atom. The van der Waals surface area contributed by atoms with E-state index in [4.69, 9.17) is 51.6 Å². The fraction of sp³-hybridized carbons (Fsp3) is 0.417. The van der Waals surface area contributed by atoms with E-state index in [0.717, 1.165) is 59.9 Å². The van der Waals surface area contributed by atoms with Crippen LogP contribution in [0, 0.1) is 0 Å². The molecule has 1 fully saturated rings. The minimum atomic E-state index is -1.39. The average Bonchev–Trinajstić information content (AvgIpc) is 3.46. The predicted octanol–water partition coefficient (Wildman–Crippen LogP) is 2.75. The van der Waals surface area contributed by atoms with E-state index in [2.05, 4.69) is 4.98 Å². The van der Waals surface area contributed by atoms with Crippen LogP contribution in [0.2, 0.25) is 5.02 Å². The van der Waals surface area contributed by atoms with Gasteiger partial charge in [-0.1, -0.05) is 23.7 Å². The second-order valence-corrected chi connectivity index (χ2v) is 13.0. The lowest BCUT2D eigenvalue weighted by atomic mass is 9.93. The molecule has 3 heterocycles. The number of nitrogens with zero attached hydrogens (tertiary/aromatic N) is 2. The SMILES string of the molecule is CC(=O)OCC1OC(N(N)/C=C(\N)CCOc2ccc(C3c4[nH]c5ccc(Cl)cc5c4CCN3C=O)cc2)C(OC(C)=O)C(OC(C)=O)C1OC(C)=O. The Morgan fingerprint density at radius 2 is 1.62 bits per heavy atom. The smallest absolute Gasteiger partial charge is 0.303 e. The highest BCUT2D eigenvalue weighted by Crippen LogP contribution is 2.39. The molecule has 53 heavy (non-hydrogen) atoms. The molecule has 284 valence electrons. The quantitative estimate of drug-likeness (QED) is 0.0752. The molecule has 6 unspecified atom stereocenters. The summed E-state index contributed by atoms with van der Waals surface area (Å²) in [4.78, 5) is 65.2. The van der Waals surface area contributed by atoms with Gasteiger partial charge in [-0.2, -0.15) is 0 Å². The zero-order chi connectivity index (χ0) is 38.4. The van der Waals surface area contributed by atoms with Gasteiger partial charge in [-0.3, -0.25) is 29.0 Å². The number of aromatic amines is 1. The topological polar surface area (TPSA) is 215 Å². The summed E-state index contributed by atoms with van der Waals surface area (Å²) in [7, 11) is 0. The Morgan fingerprint density at radius 3 is 2.26 bits per heavy atom. The predicted molar refractivity (Wildman–Crippen MR) is 188 cm³/mol. The van der Waals surface area contributed by atoms with Crippen LogP contribution in [0.15, 0.2) is 54.4 Å². The van der Waals surface area contributed by atoms with Gasteiger partial charge in [0.25, 0.3) is 0 Å². The van der Waals surface area contributed by atoms with Crippen molar-refractivity contribution in [2.24, 2.45) is 11.6 Å². The third-order valence-electron chi connectivity index (χ3n) is 8.69. The highest BCUT2D eigenvalue weighted by molar-refractivity contribution is 6.31. The molecule has 2 aliphatic heterocycles. The summed E-state index contributed by atoms with van der Waals surface area (Å²) in [6.45, 7) is 4.86. The van der Waals surface area contributed by atoms with Crippen LogP contribution >= 0.6 is 11.6 Å². The third kappa shape index (κ3) is 9.38. The number of hydrogen-bond donors (Lipinski definition) is 3. The van der Waals surface area contributed by atoms with Gasteiger partial charge in [0.15, 0.2) is 24.5 Å². The van der Waals surface area contributed by atoms with Gasteiger partial charge in [0, 0.05) is 74.2 Å². The molecule has 0 spiro atoms. The van der Waals surface area contributed by atoms with Crippen LogP contribution in [0.4, 0.5) is 0 Å². The van der Waals surface area contributed by atoms with Crippen molar-refractivity contribution in [2.75, 3.05) is 19.8 Å². The minimum Gasteiger partial charge on any atom is -0.493 e. The number of amides is 1. The Labute approximate surface area is 310 Å². The monoisotopic (exact) mass is 755 g/mol. The van der Waals surface area contributed by atoms with Crippen LogP contribution in [0.3, 0.4) is 0 Å². The highest BCUT2D eigenvalue weighted by Gasteiger charge is 2.53. The normalized spacial score (nSPS) is 22.7. The molecule has 1 saturated heterocycles. The molecule has 17 heteroatoms. The van der Waals surface area contributed by atoms with E-state index in [0.29, 0.717) is 23.7 Å². The molecule has 1 aromatic heterocycles. The van der Waals surface area contributed by atoms with Crippen molar-refractivity contribution in [3.05, 3.63) is 76.2 Å². The van der Waals surface area contributed by atoms with Gasteiger partial charge < -0.3 is 44.0 Å². The van der Waals surface area contributed by atoms with Gasteiger partial charge in [-0.05, 0) is 47.9 Å². The van der Waals surface area contributed by atoms with E-state index < -0.39 is 61.1 Å². The molecule has 0 radical (unpaired) electrons. The van der Waals surface area contributed by atoms with Gasteiger partial charge in [-0.25, -0.2) is 5.84 Å². The van der Waals surface area contributed by atoms with Crippen LogP contribution < -0.4 is 16.3 Å². The summed E-state index contributed by atoms with van der Waals surface area (Å²) in [5.41, 5.74) is 10.5. The van der Waals surface area contributed by atoms with Gasteiger partial charge in [0.2, 0.25) is 6.41 Å². The fourth-order valence-corrected chi connectivity index (χ4v) is 6.73. The van der Waals surface area contributed by atoms with Crippen molar-refractivity contribution < 1.29 is 52.4 Å². The van der Waals surface area contributed by atoms with E-state index in [1.807, 2.05) is 30.3 Å². The highest BCUT2D eigenvalue weighted by atomic mass is 35.5. The molecular formula is C36H42ClN5O11. The lowest BCUT2D eigenvalue weighted by molar-refractivity contribution is -0.274. The number of halogens is 1. The molecule has 0 aliphatic carbocycles. The molecule has 2 aromatic carbocycles. The number of benzene rings is 2. The molecule has 5 N–H and O–H groups in total. The number of fused-ring (bicyclic) bond motifs is 3. The van der Waals surface area contributed by atoms with E-state index in [9.17, 15) is 24.0 Å². The second kappa shape index (κ2) is 17.0. The molecular weight excluding hydrogens is 714 g/mol. The number of ether oxygens (including phenoxy) is 6. The van der Waals surface area contributed by atoms with Crippen LogP contribution in [0.25, 0.3) is 10.9 Å². The molecule has 16 nitrogen and oxygen atoms in total. The van der Waals surface area contributed by atoms with Gasteiger partial charge >= 0.3 is 23.9 Å². The number of hydrazine groups is 1. The number of nitrogens with two attached hydrogens (primary N) is 2. The lowest BCUT2D eigenvalue weighted by Crippen LogP contribution is -2.66. The van der Waals surface area contributed by atoms with Crippen molar-refractivity contribution in [3.63, 3.8) is 0 Å². The van der Waals surface area contributed by atoms with Crippen LogP contribution in [0.5, 0.6) is 5.75 Å². The number of esters is 4. The van der Waals surface area contributed by atoms with Crippen molar-refractivity contribution in [1.29, 1.82) is 0 Å². The zero-order valence-corrected chi connectivity index (χ0v) is 30.4. The average molecular weight is 756 g/mol. The first-order chi connectivity index (χ1) is 25.2. The number of aromatic nitrogens is 1. The number of H-pyrrole nitrogens is 1. The Bertz CT molecular complexity index is 1870. The minimum absolute atomic E-state index is 0.144. The largest absolute Gasteiger partial charge is 0.493 e. The molecule has 6 atom stereocenters. The van der Waals surface area contributed by atoms with Crippen LogP contribution in [-0.2, 0) is 54.1 Å². The third-order valence-corrected chi connectivity index (χ3v) is 8.93. The van der Waals surface area contributed by atoms with E-state index in [1.54, 1.807) is 17.0 Å². The first kappa shape index (κ1) is 38.9. The maximum absolute atomic E-state index is 12.1. The summed E-state index contributed by atoms with van der Waals surface area (Å²) < 4.78 is 33.4. The molecule has 1 amide bonds. The molecule has 2 aliphatic rings. The van der Waals surface area contributed by atoms with Crippen molar-refractivity contribution in [1.82, 2.24) is 14.9 Å². The fourth-order valence-electron chi connectivity index (χ4n) is 6.56. The van der Waals surface area contributed by atoms with Crippen molar-refractivity contribution >= 4 is 52.8 Å². The molecule has 0 bridgehead atoms. The first-order valence-electron chi connectivity index (χ1n) is 16.8. The zero-order valence-electron chi connectivity index (χ0n) is 29.6. The Hall–Kier alpha value is -5.32. The van der Waals surface area contributed by atoms with E-state index >= 15 is 0 Å². The number of carbonyl (C=O) groups is 5. The number of nitrogens with one attached hydrogen (secondary N) is 1. The Kier molecular flexibility index (Phi) is 12.5. The lowest BCUT2D eigenvalue weighted by Gasteiger charge is -2.46. The summed E-state index contributed by atoms with van der Waals surface area (Å²) >= 11 is 6.27. The van der Waals surface area contributed by atoms with E-state index in [1.165, 1.54) is 13.1 Å². The van der Waals surface area contributed by atoms with Gasteiger partial charge in [-0.15, -0.1) is 0 Å². The maximum atomic E-state index is 12.1. The second-order valence-electron chi connectivity index (χ2n) is 12.6. The summed E-state index contributed by atoms with van der Waals surface area (Å²) in [5.74, 6) is 3.98. The van der Waals surface area contributed by atoms with Crippen LogP contribution in [-0.4, -0.2) is 95.6 Å². The van der Waals surface area contributed by atoms with Crippen LogP contribution in [0.1, 0.15) is 57.0 Å². The van der Waals surface area contributed by atoms with Crippen molar-refractivity contribution in [2.45, 2.75) is 77.2 Å². The summed E-state index contributed by atoms with van der Waals surface area (Å²) in [5, 5.41) is 2.71. The molecule has 3 aromatic rings. The maximum Gasteiger partial charge on any atom is 0.303 e. The molecule has 0 saturated carbocycles. The van der Waals surface area contributed by atoms with Crippen molar-refractivity contribution in [3.8, 4) is 5.75 Å². The number of hydrogen-bond acceptors (Lipinski definition) is 14. The number of rotatable bonds is 13. The summed E-state index contributed by atoms with van der Waals surface area (Å²) in [6, 6.07) is 12.8. The summed E-state index contributed by atoms with van der Waals surface area (Å²) in [6.07, 6.45) is -3.53. The number of carbonyl (C=O) groups excluding carboxylic acids is 5. The van der Waals surface area contributed by atoms with Gasteiger partial charge in [0.1, 0.15) is 18.5 Å². The Balaban J connectivity index is 1.28.